The molecule has 0 bridgehead atoms. The lowest BCUT2D eigenvalue weighted by molar-refractivity contribution is -0.145. The molecule has 0 amide bonds. The molecule has 1 aromatic carbocycles. The molecule has 6 nitrogen and oxygen atoms in total. The van der Waals surface area contributed by atoms with Gasteiger partial charge in [-0.25, -0.2) is 14.6 Å². The van der Waals surface area contributed by atoms with E-state index in [4.69, 9.17) is 14.2 Å². The molecule has 0 aliphatic carbocycles. The van der Waals surface area contributed by atoms with Crippen LogP contribution in [0.5, 0.6) is 5.75 Å². The van der Waals surface area contributed by atoms with Gasteiger partial charge in [0, 0.05) is 11.5 Å². The average molecular weight is 331 g/mol. The number of aromatic nitrogens is 1. The number of ether oxygens (including phenoxy) is 3. The number of para-hydroxylation sites is 1. The van der Waals surface area contributed by atoms with Crippen LogP contribution in [0.2, 0.25) is 0 Å². The molecule has 6 heteroatoms. The van der Waals surface area contributed by atoms with Gasteiger partial charge in [0.05, 0.1) is 18.7 Å². The maximum absolute atomic E-state index is 12.0. The third-order valence-corrected chi connectivity index (χ3v) is 3.14. The molecule has 1 heterocycles. The van der Waals surface area contributed by atoms with E-state index in [-0.39, 0.29) is 12.3 Å². The number of rotatable bonds is 8. The molecule has 2 aromatic rings. The van der Waals surface area contributed by atoms with Crippen LogP contribution in [0, 0.1) is 0 Å². The zero-order chi connectivity index (χ0) is 17.4. The highest BCUT2D eigenvalue weighted by molar-refractivity contribution is 5.94. The number of carbonyl (C=O) groups is 2. The van der Waals surface area contributed by atoms with Crippen LogP contribution in [0.3, 0.4) is 0 Å². The van der Waals surface area contributed by atoms with Gasteiger partial charge in [-0.05, 0) is 25.0 Å². The van der Waals surface area contributed by atoms with E-state index in [0.29, 0.717) is 29.9 Å². The van der Waals surface area contributed by atoms with Crippen molar-refractivity contribution in [1.29, 1.82) is 0 Å². The Bertz CT molecular complexity index is 714. The molecule has 0 unspecified atom stereocenters. The Morgan fingerprint density at radius 2 is 1.75 bits per heavy atom. The number of hydrogen-bond acceptors (Lipinski definition) is 6. The number of carbonyl (C=O) groups excluding carboxylic acids is 2. The first kappa shape index (κ1) is 17.7. The van der Waals surface area contributed by atoms with Crippen LogP contribution in [0.25, 0.3) is 10.9 Å². The molecule has 0 atom stereocenters. The van der Waals surface area contributed by atoms with Gasteiger partial charge in [-0.2, -0.15) is 0 Å². The van der Waals surface area contributed by atoms with Crippen LogP contribution in [0.4, 0.5) is 0 Å². The highest BCUT2D eigenvalue weighted by Gasteiger charge is 2.15. The third-order valence-electron chi connectivity index (χ3n) is 3.14. The number of fused-ring (bicyclic) bond motifs is 1. The van der Waals surface area contributed by atoms with Crippen molar-refractivity contribution in [2.24, 2.45) is 0 Å². The van der Waals surface area contributed by atoms with Crippen molar-refractivity contribution >= 4 is 22.8 Å². The fourth-order valence-electron chi connectivity index (χ4n) is 2.03. The summed E-state index contributed by atoms with van der Waals surface area (Å²) in [6, 6.07) is 8.73. The second-order valence-electron chi connectivity index (χ2n) is 5.17. The summed E-state index contributed by atoms with van der Waals surface area (Å²) in [5.74, 6) is -0.564. The monoisotopic (exact) mass is 331 g/mol. The minimum absolute atomic E-state index is 0.152. The molecule has 128 valence electrons. The topological polar surface area (TPSA) is 74.7 Å². The minimum Gasteiger partial charge on any atom is -0.481 e. The first-order chi connectivity index (χ1) is 11.7. The summed E-state index contributed by atoms with van der Waals surface area (Å²) >= 11 is 0. The summed E-state index contributed by atoms with van der Waals surface area (Å²) in [5, 5.41) is 0.716. The van der Waals surface area contributed by atoms with Crippen molar-refractivity contribution in [2.45, 2.75) is 26.7 Å². The van der Waals surface area contributed by atoms with E-state index in [1.165, 1.54) is 6.07 Å². The standard InChI is InChI=1S/C18H21NO5/c1-3-9-22-17(20)12-24-16-11-15(18(21)23-10-4-2)19-14-8-6-5-7-13(14)16/h5-8,11H,3-4,9-10,12H2,1-2H3. The number of esters is 2. The van der Waals surface area contributed by atoms with Crippen molar-refractivity contribution < 1.29 is 23.8 Å². The number of hydrogen-bond donors (Lipinski definition) is 0. The van der Waals surface area contributed by atoms with Crippen LogP contribution in [-0.2, 0) is 14.3 Å². The average Bonchev–Trinajstić information content (AvgIpc) is 2.62. The predicted molar refractivity (Wildman–Crippen MR) is 89.1 cm³/mol. The Kier molecular flexibility index (Phi) is 6.54. The van der Waals surface area contributed by atoms with E-state index < -0.39 is 11.9 Å². The lowest BCUT2D eigenvalue weighted by Crippen LogP contribution is -2.16. The second kappa shape index (κ2) is 8.86. The van der Waals surface area contributed by atoms with Crippen LogP contribution < -0.4 is 4.74 Å². The lowest BCUT2D eigenvalue weighted by Gasteiger charge is -2.11. The van der Waals surface area contributed by atoms with E-state index in [2.05, 4.69) is 4.98 Å². The van der Waals surface area contributed by atoms with Crippen molar-refractivity contribution in [1.82, 2.24) is 4.98 Å². The predicted octanol–water partition coefficient (Wildman–Crippen LogP) is 3.13. The number of benzene rings is 1. The summed E-state index contributed by atoms with van der Waals surface area (Å²) in [6.45, 7) is 4.29. The van der Waals surface area contributed by atoms with E-state index in [1.807, 2.05) is 32.0 Å². The van der Waals surface area contributed by atoms with Gasteiger partial charge < -0.3 is 14.2 Å². The van der Waals surface area contributed by atoms with Gasteiger partial charge in [-0.3, -0.25) is 0 Å². The molecule has 0 N–H and O–H groups in total. The quantitative estimate of drug-likeness (QED) is 0.692. The summed E-state index contributed by atoms with van der Waals surface area (Å²) in [5.41, 5.74) is 0.749. The zero-order valence-electron chi connectivity index (χ0n) is 13.9. The Hall–Kier alpha value is -2.63. The molecule has 0 aliphatic heterocycles. The van der Waals surface area contributed by atoms with E-state index in [0.717, 1.165) is 12.8 Å². The highest BCUT2D eigenvalue weighted by Crippen LogP contribution is 2.25. The van der Waals surface area contributed by atoms with Gasteiger partial charge in [0.2, 0.25) is 0 Å². The van der Waals surface area contributed by atoms with Crippen molar-refractivity contribution in [3.8, 4) is 5.75 Å². The lowest BCUT2D eigenvalue weighted by atomic mass is 10.2. The maximum atomic E-state index is 12.0. The summed E-state index contributed by atoms with van der Waals surface area (Å²) in [6.07, 6.45) is 1.48. The van der Waals surface area contributed by atoms with Crippen LogP contribution in [0.15, 0.2) is 30.3 Å². The van der Waals surface area contributed by atoms with Gasteiger partial charge in [0.25, 0.3) is 0 Å². The van der Waals surface area contributed by atoms with Crippen LogP contribution in [-0.4, -0.2) is 36.7 Å². The van der Waals surface area contributed by atoms with Crippen molar-refractivity contribution in [3.63, 3.8) is 0 Å². The first-order valence-corrected chi connectivity index (χ1v) is 8.01. The molecule has 1 aromatic heterocycles. The second-order valence-corrected chi connectivity index (χ2v) is 5.17. The molecular weight excluding hydrogens is 310 g/mol. The van der Waals surface area contributed by atoms with Gasteiger partial charge in [0.15, 0.2) is 12.3 Å². The van der Waals surface area contributed by atoms with Gasteiger partial charge >= 0.3 is 11.9 Å². The van der Waals surface area contributed by atoms with Crippen LogP contribution >= 0.6 is 0 Å². The Labute approximate surface area is 140 Å². The van der Waals surface area contributed by atoms with Gasteiger partial charge in [-0.1, -0.05) is 26.0 Å². The minimum atomic E-state index is -0.513. The Balaban J connectivity index is 2.22. The van der Waals surface area contributed by atoms with E-state index in [9.17, 15) is 9.59 Å². The normalized spacial score (nSPS) is 10.4. The molecule has 0 aliphatic rings. The van der Waals surface area contributed by atoms with Gasteiger partial charge in [-0.15, -0.1) is 0 Å². The van der Waals surface area contributed by atoms with E-state index >= 15 is 0 Å². The smallest absolute Gasteiger partial charge is 0.357 e. The molecule has 0 saturated carbocycles. The maximum Gasteiger partial charge on any atom is 0.357 e. The SMILES string of the molecule is CCCOC(=O)COc1cc(C(=O)OCCC)nc2ccccc12. The Morgan fingerprint density at radius 1 is 1.04 bits per heavy atom. The Morgan fingerprint density at radius 3 is 2.50 bits per heavy atom. The molecule has 24 heavy (non-hydrogen) atoms. The molecular formula is C18H21NO5. The largest absolute Gasteiger partial charge is 0.481 e. The molecule has 0 radical (unpaired) electrons. The van der Waals surface area contributed by atoms with Crippen molar-refractivity contribution in [3.05, 3.63) is 36.0 Å². The number of pyridine rings is 1. The summed E-state index contributed by atoms with van der Waals surface area (Å²) < 4.78 is 15.6. The first-order valence-electron chi connectivity index (χ1n) is 8.01. The highest BCUT2D eigenvalue weighted by atomic mass is 16.6. The van der Waals surface area contributed by atoms with E-state index in [1.54, 1.807) is 6.07 Å². The number of nitrogens with zero attached hydrogens (tertiary/aromatic N) is 1. The molecule has 0 fully saturated rings. The molecule has 2 rings (SSSR count). The fraction of sp³-hybridized carbons (Fsp3) is 0.389. The summed E-state index contributed by atoms with van der Waals surface area (Å²) in [4.78, 5) is 28.0. The van der Waals surface area contributed by atoms with Crippen LogP contribution in [0.1, 0.15) is 37.2 Å². The zero-order valence-corrected chi connectivity index (χ0v) is 13.9. The molecule has 0 spiro atoms. The molecule has 0 saturated heterocycles. The third kappa shape index (κ3) is 4.68. The van der Waals surface area contributed by atoms with Gasteiger partial charge in [0.1, 0.15) is 5.75 Å². The van der Waals surface area contributed by atoms with Crippen molar-refractivity contribution in [2.75, 3.05) is 19.8 Å². The summed E-state index contributed by atoms with van der Waals surface area (Å²) in [7, 11) is 0. The fourth-order valence-corrected chi connectivity index (χ4v) is 2.03.